The molecule has 0 atom stereocenters. The maximum Gasteiger partial charge on any atom is 0.238 e. The van der Waals surface area contributed by atoms with Crippen molar-refractivity contribution in [2.45, 2.75) is 13.5 Å². The predicted octanol–water partition coefficient (Wildman–Crippen LogP) is 8.99. The minimum Gasteiger partial charge on any atom is -0.497 e. The number of methoxy groups -OCH3 is 2. The van der Waals surface area contributed by atoms with Crippen LogP contribution in [0.5, 0.6) is 23.0 Å². The van der Waals surface area contributed by atoms with E-state index in [1.54, 1.807) is 20.4 Å². The van der Waals surface area contributed by atoms with Gasteiger partial charge in [-0.15, -0.1) is 0 Å². The van der Waals surface area contributed by atoms with Crippen LogP contribution in [0.1, 0.15) is 23.6 Å². The number of furan rings is 1. The second kappa shape index (κ2) is 13.8. The molecule has 1 aromatic heterocycles. The van der Waals surface area contributed by atoms with E-state index in [0.717, 1.165) is 32.5 Å². The van der Waals surface area contributed by atoms with Crippen LogP contribution >= 0.6 is 15.9 Å². The molecule has 0 spiro atoms. The molecule has 0 amide bonds. The zero-order chi connectivity index (χ0) is 30.2. The molecule has 43 heavy (non-hydrogen) atoms. The summed E-state index contributed by atoms with van der Waals surface area (Å²) < 4.78 is 29.9. The quantitative estimate of drug-likeness (QED) is 0.134. The number of hydrogen-bond acceptors (Lipinski definition) is 7. The summed E-state index contributed by atoms with van der Waals surface area (Å²) in [6, 6.07) is 30.8. The first kappa shape index (κ1) is 29.5. The summed E-state index contributed by atoms with van der Waals surface area (Å²) in [5.74, 6) is 3.39. The largest absolute Gasteiger partial charge is 0.497 e. The third kappa shape index (κ3) is 6.91. The lowest BCUT2D eigenvalue weighted by Gasteiger charge is -2.12. The van der Waals surface area contributed by atoms with Crippen LogP contribution in [0.4, 0.5) is 5.88 Å². The van der Waals surface area contributed by atoms with E-state index in [2.05, 4.69) is 27.0 Å². The van der Waals surface area contributed by atoms with Crippen molar-refractivity contribution in [3.63, 3.8) is 0 Å². The van der Waals surface area contributed by atoms with Crippen LogP contribution in [-0.2, 0) is 6.61 Å². The van der Waals surface area contributed by atoms with Gasteiger partial charge in [-0.1, -0.05) is 40.2 Å². The van der Waals surface area contributed by atoms with Gasteiger partial charge in [0.25, 0.3) is 0 Å². The Morgan fingerprint density at radius 3 is 2.07 bits per heavy atom. The van der Waals surface area contributed by atoms with E-state index in [1.807, 2.05) is 97.9 Å². The molecule has 0 radical (unpaired) electrons. The Kier molecular flexibility index (Phi) is 9.45. The minimum atomic E-state index is 0.202. The molecule has 5 rings (SSSR count). The van der Waals surface area contributed by atoms with E-state index in [9.17, 15) is 5.26 Å². The van der Waals surface area contributed by atoms with Gasteiger partial charge in [0.1, 0.15) is 35.5 Å². The molecule has 5 aromatic rings. The minimum absolute atomic E-state index is 0.202. The molecule has 0 aliphatic heterocycles. The molecule has 0 unspecified atom stereocenters. The second-order valence-electron chi connectivity index (χ2n) is 9.37. The van der Waals surface area contributed by atoms with Crippen molar-refractivity contribution in [2.75, 3.05) is 20.8 Å². The molecular formula is C35H29BrN2O5. The first-order valence-electron chi connectivity index (χ1n) is 13.6. The van der Waals surface area contributed by atoms with E-state index in [4.69, 9.17) is 23.4 Å². The zero-order valence-corrected chi connectivity index (χ0v) is 25.6. The maximum absolute atomic E-state index is 10.3. The van der Waals surface area contributed by atoms with E-state index in [1.165, 1.54) is 0 Å². The van der Waals surface area contributed by atoms with Gasteiger partial charge in [-0.3, -0.25) is 0 Å². The number of hydrogen-bond donors (Lipinski definition) is 0. The summed E-state index contributed by atoms with van der Waals surface area (Å²) in [7, 11) is 3.23. The molecule has 0 aliphatic carbocycles. The van der Waals surface area contributed by atoms with Gasteiger partial charge in [-0.05, 0) is 90.3 Å². The number of rotatable bonds is 11. The molecule has 0 fully saturated rings. The van der Waals surface area contributed by atoms with Gasteiger partial charge in [-0.25, -0.2) is 4.99 Å². The Morgan fingerprint density at radius 1 is 0.814 bits per heavy atom. The summed E-state index contributed by atoms with van der Waals surface area (Å²) in [5.41, 5.74) is 4.37. The standard InChI is InChI=1S/C35H29BrN2O5/c1-4-41-32-19-24(7-18-31(32)42-22-23-5-12-27(36)13-6-23)21-38-35-30(20-37)33(25-8-14-28(39-2)15-9-25)34(43-35)26-10-16-29(40-3)17-11-26/h5-19,21H,4,22H2,1-3H3. The highest BCUT2D eigenvalue weighted by Crippen LogP contribution is 2.43. The average molecular weight is 638 g/mol. The van der Waals surface area contributed by atoms with Crippen LogP contribution in [0.2, 0.25) is 0 Å². The zero-order valence-electron chi connectivity index (χ0n) is 24.0. The molecule has 4 aromatic carbocycles. The van der Waals surface area contributed by atoms with Crippen LogP contribution in [0.3, 0.4) is 0 Å². The molecule has 0 N–H and O–H groups in total. The van der Waals surface area contributed by atoms with E-state index in [0.29, 0.717) is 47.3 Å². The number of nitrogens with zero attached hydrogens (tertiary/aromatic N) is 2. The molecule has 8 heteroatoms. The Balaban J connectivity index is 1.49. The molecule has 0 bridgehead atoms. The summed E-state index contributed by atoms with van der Waals surface area (Å²) in [5, 5.41) is 10.3. The van der Waals surface area contributed by atoms with Crippen LogP contribution in [0.25, 0.3) is 22.5 Å². The Bertz CT molecular complexity index is 1750. The van der Waals surface area contributed by atoms with Gasteiger partial charge in [0.2, 0.25) is 5.88 Å². The second-order valence-corrected chi connectivity index (χ2v) is 10.3. The molecule has 1 heterocycles. The summed E-state index contributed by atoms with van der Waals surface area (Å²) >= 11 is 3.45. The third-order valence-corrected chi connectivity index (χ3v) is 7.17. The van der Waals surface area contributed by atoms with Crippen LogP contribution in [-0.4, -0.2) is 27.0 Å². The van der Waals surface area contributed by atoms with Crippen molar-refractivity contribution in [3.8, 4) is 51.5 Å². The number of ether oxygens (including phenoxy) is 4. The van der Waals surface area contributed by atoms with Crippen molar-refractivity contribution in [2.24, 2.45) is 4.99 Å². The molecular weight excluding hydrogens is 608 g/mol. The maximum atomic E-state index is 10.3. The van der Waals surface area contributed by atoms with Crippen molar-refractivity contribution in [3.05, 3.63) is 112 Å². The molecule has 216 valence electrons. The van der Waals surface area contributed by atoms with Crippen molar-refractivity contribution < 1.29 is 23.4 Å². The first-order chi connectivity index (χ1) is 21.0. The van der Waals surface area contributed by atoms with Crippen LogP contribution in [0, 0.1) is 11.3 Å². The van der Waals surface area contributed by atoms with Gasteiger partial charge < -0.3 is 23.4 Å². The molecule has 0 aliphatic rings. The van der Waals surface area contributed by atoms with Crippen molar-refractivity contribution in [1.82, 2.24) is 0 Å². The fourth-order valence-electron chi connectivity index (χ4n) is 4.46. The van der Waals surface area contributed by atoms with Crippen LogP contribution in [0.15, 0.2) is 105 Å². The highest BCUT2D eigenvalue weighted by molar-refractivity contribution is 9.10. The lowest BCUT2D eigenvalue weighted by Crippen LogP contribution is -2.00. The third-order valence-electron chi connectivity index (χ3n) is 6.64. The normalized spacial score (nSPS) is 10.9. The number of aliphatic imine (C=N–C) groups is 1. The number of benzene rings is 4. The summed E-state index contributed by atoms with van der Waals surface area (Å²) in [6.07, 6.45) is 1.65. The van der Waals surface area contributed by atoms with Gasteiger partial charge in [0.15, 0.2) is 11.5 Å². The van der Waals surface area contributed by atoms with Crippen molar-refractivity contribution >= 4 is 28.0 Å². The fraction of sp³-hybridized carbons (Fsp3) is 0.143. The molecule has 0 saturated carbocycles. The first-order valence-corrected chi connectivity index (χ1v) is 14.4. The average Bonchev–Trinajstić information content (AvgIpc) is 3.42. The van der Waals surface area contributed by atoms with E-state index in [-0.39, 0.29) is 5.88 Å². The summed E-state index contributed by atoms with van der Waals surface area (Å²) in [4.78, 5) is 4.62. The van der Waals surface area contributed by atoms with Gasteiger partial charge >= 0.3 is 0 Å². The van der Waals surface area contributed by atoms with Crippen molar-refractivity contribution in [1.29, 1.82) is 5.26 Å². The Morgan fingerprint density at radius 2 is 1.47 bits per heavy atom. The van der Waals surface area contributed by atoms with Gasteiger partial charge in [0.05, 0.1) is 20.8 Å². The molecule has 0 saturated heterocycles. The fourth-order valence-corrected chi connectivity index (χ4v) is 4.72. The highest BCUT2D eigenvalue weighted by atomic mass is 79.9. The Hall–Kier alpha value is -5.00. The van der Waals surface area contributed by atoms with E-state index < -0.39 is 0 Å². The SMILES string of the molecule is CCOc1cc(C=Nc2oc(-c3ccc(OC)cc3)c(-c3ccc(OC)cc3)c2C#N)ccc1OCc1ccc(Br)cc1. The number of nitriles is 1. The lowest BCUT2D eigenvalue weighted by atomic mass is 9.98. The van der Waals surface area contributed by atoms with Gasteiger partial charge in [0, 0.05) is 21.8 Å². The lowest BCUT2D eigenvalue weighted by molar-refractivity contribution is 0.269. The topological polar surface area (TPSA) is 86.2 Å². The number of halogens is 1. The van der Waals surface area contributed by atoms with E-state index >= 15 is 0 Å². The predicted molar refractivity (Wildman–Crippen MR) is 171 cm³/mol. The highest BCUT2D eigenvalue weighted by Gasteiger charge is 2.23. The van der Waals surface area contributed by atoms with Crippen LogP contribution < -0.4 is 18.9 Å². The molecule has 7 nitrogen and oxygen atoms in total. The summed E-state index contributed by atoms with van der Waals surface area (Å²) in [6.45, 7) is 2.80. The monoisotopic (exact) mass is 636 g/mol. The van der Waals surface area contributed by atoms with Gasteiger partial charge in [-0.2, -0.15) is 5.26 Å². The smallest absolute Gasteiger partial charge is 0.238 e. The Labute approximate surface area is 259 Å².